The Hall–Kier alpha value is -2.57. The third kappa shape index (κ3) is 5.77. The fraction of sp³-hybridized carbons (Fsp3) is 0.333. The molecule has 2 rings (SSSR count). The number of nitrogens with one attached hydrogen (secondary N) is 2. The van der Waals surface area contributed by atoms with Crippen molar-refractivity contribution in [3.63, 3.8) is 0 Å². The number of carbonyl (C=O) groups is 1. The molecule has 0 aliphatic carbocycles. The monoisotopic (exact) mass is 351 g/mol. The van der Waals surface area contributed by atoms with Crippen LogP contribution in [0.2, 0.25) is 0 Å². The summed E-state index contributed by atoms with van der Waals surface area (Å²) < 4.78 is 37.6. The van der Waals surface area contributed by atoms with Crippen LogP contribution in [0.3, 0.4) is 0 Å². The number of alkyl halides is 3. The Morgan fingerprint density at radius 1 is 1.08 bits per heavy atom. The standard InChI is InChI=1S/C18H20F3N3O/c1-2-3-4-11-22-17(25)13-5-10-16(23-12-13)24-15-8-6-14(7-9-15)18(19,20)21/h5-10,12H,2-4,11H2,1H3,(H,22,25)(H,23,24). The van der Waals surface area contributed by atoms with Crippen molar-refractivity contribution >= 4 is 17.4 Å². The van der Waals surface area contributed by atoms with Crippen LogP contribution in [0.15, 0.2) is 42.6 Å². The predicted molar refractivity (Wildman–Crippen MR) is 90.8 cm³/mol. The first kappa shape index (κ1) is 18.8. The van der Waals surface area contributed by atoms with Crippen LogP contribution in [0.1, 0.15) is 42.1 Å². The molecule has 4 nitrogen and oxygen atoms in total. The van der Waals surface area contributed by atoms with Crippen molar-refractivity contribution in [1.29, 1.82) is 0 Å². The molecule has 1 heterocycles. The summed E-state index contributed by atoms with van der Waals surface area (Å²) in [5.41, 5.74) is 0.216. The molecule has 0 saturated heterocycles. The van der Waals surface area contributed by atoms with E-state index in [0.717, 1.165) is 31.4 Å². The van der Waals surface area contributed by atoms with Gasteiger partial charge in [0.2, 0.25) is 0 Å². The Balaban J connectivity index is 1.92. The smallest absolute Gasteiger partial charge is 0.352 e. The van der Waals surface area contributed by atoms with E-state index < -0.39 is 11.7 Å². The third-order valence-electron chi connectivity index (χ3n) is 3.58. The summed E-state index contributed by atoms with van der Waals surface area (Å²) in [5.74, 6) is 0.256. The van der Waals surface area contributed by atoms with E-state index in [1.165, 1.54) is 18.3 Å². The highest BCUT2D eigenvalue weighted by Gasteiger charge is 2.29. The van der Waals surface area contributed by atoms with E-state index in [1.807, 2.05) is 0 Å². The lowest BCUT2D eigenvalue weighted by molar-refractivity contribution is -0.137. The summed E-state index contributed by atoms with van der Waals surface area (Å²) in [6, 6.07) is 7.89. The minimum absolute atomic E-state index is 0.190. The Bertz CT molecular complexity index is 682. The Morgan fingerprint density at radius 2 is 1.80 bits per heavy atom. The van der Waals surface area contributed by atoms with E-state index in [1.54, 1.807) is 12.1 Å². The summed E-state index contributed by atoms with van der Waals surface area (Å²) in [6.45, 7) is 2.71. The Labute approximate surface area is 144 Å². The van der Waals surface area contributed by atoms with Gasteiger partial charge in [0, 0.05) is 18.4 Å². The fourth-order valence-electron chi connectivity index (χ4n) is 2.17. The first-order valence-electron chi connectivity index (χ1n) is 8.08. The zero-order chi connectivity index (χ0) is 18.3. The second-order valence-corrected chi connectivity index (χ2v) is 5.60. The van der Waals surface area contributed by atoms with E-state index in [9.17, 15) is 18.0 Å². The molecule has 0 aliphatic heterocycles. The minimum Gasteiger partial charge on any atom is -0.352 e. The Kier molecular flexibility index (Phi) is 6.38. The van der Waals surface area contributed by atoms with Gasteiger partial charge in [0.1, 0.15) is 5.82 Å². The number of pyridine rings is 1. The van der Waals surface area contributed by atoms with Crippen LogP contribution < -0.4 is 10.6 Å². The van der Waals surface area contributed by atoms with E-state index >= 15 is 0 Å². The molecule has 1 aromatic heterocycles. The Morgan fingerprint density at radius 3 is 2.36 bits per heavy atom. The van der Waals surface area contributed by atoms with Gasteiger partial charge >= 0.3 is 6.18 Å². The van der Waals surface area contributed by atoms with Gasteiger partial charge in [-0.2, -0.15) is 13.2 Å². The number of anilines is 2. The lowest BCUT2D eigenvalue weighted by Gasteiger charge is -2.09. The van der Waals surface area contributed by atoms with Crippen LogP contribution in [0.4, 0.5) is 24.7 Å². The van der Waals surface area contributed by atoms with Gasteiger partial charge in [-0.1, -0.05) is 19.8 Å². The molecular formula is C18H20F3N3O. The first-order valence-corrected chi connectivity index (χ1v) is 8.08. The molecule has 0 saturated carbocycles. The molecular weight excluding hydrogens is 331 g/mol. The topological polar surface area (TPSA) is 54.0 Å². The number of amides is 1. The van der Waals surface area contributed by atoms with Gasteiger partial charge in [0.25, 0.3) is 5.91 Å². The predicted octanol–water partition coefficient (Wildman–Crippen LogP) is 4.76. The molecule has 0 radical (unpaired) electrons. The average molecular weight is 351 g/mol. The summed E-state index contributed by atoms with van der Waals surface area (Å²) in [6.07, 6.45) is 0.157. The van der Waals surface area contributed by atoms with Crippen molar-refractivity contribution in [3.05, 3.63) is 53.7 Å². The molecule has 1 aromatic carbocycles. The second-order valence-electron chi connectivity index (χ2n) is 5.60. The van der Waals surface area contributed by atoms with Crippen LogP contribution in [0.25, 0.3) is 0 Å². The number of rotatable bonds is 7. The number of halogens is 3. The van der Waals surface area contributed by atoms with E-state index in [-0.39, 0.29) is 5.91 Å². The number of unbranched alkanes of at least 4 members (excludes halogenated alkanes) is 2. The number of aromatic nitrogens is 1. The van der Waals surface area contributed by atoms with E-state index in [0.29, 0.717) is 23.6 Å². The molecule has 1 amide bonds. The highest BCUT2D eigenvalue weighted by molar-refractivity contribution is 5.94. The molecule has 0 spiro atoms. The second kappa shape index (κ2) is 8.50. The quantitative estimate of drug-likeness (QED) is 0.707. The zero-order valence-electron chi connectivity index (χ0n) is 13.9. The molecule has 0 aliphatic rings. The van der Waals surface area contributed by atoms with E-state index in [4.69, 9.17) is 0 Å². The molecule has 2 aromatic rings. The summed E-state index contributed by atoms with van der Waals surface area (Å²) >= 11 is 0. The SMILES string of the molecule is CCCCCNC(=O)c1ccc(Nc2ccc(C(F)(F)F)cc2)nc1. The number of hydrogen-bond acceptors (Lipinski definition) is 3. The number of benzene rings is 1. The van der Waals surface area contributed by atoms with Gasteiger partial charge in [-0.3, -0.25) is 4.79 Å². The highest BCUT2D eigenvalue weighted by Crippen LogP contribution is 2.30. The molecule has 134 valence electrons. The molecule has 25 heavy (non-hydrogen) atoms. The van der Waals surface area contributed by atoms with Crippen molar-refractivity contribution < 1.29 is 18.0 Å². The van der Waals surface area contributed by atoms with Gasteiger partial charge in [0.05, 0.1) is 11.1 Å². The number of hydrogen-bond donors (Lipinski definition) is 2. The minimum atomic E-state index is -4.36. The van der Waals surface area contributed by atoms with Crippen LogP contribution in [0, 0.1) is 0 Å². The van der Waals surface area contributed by atoms with Crippen molar-refractivity contribution in [2.45, 2.75) is 32.4 Å². The first-order chi connectivity index (χ1) is 11.9. The third-order valence-corrected chi connectivity index (χ3v) is 3.58. The molecule has 7 heteroatoms. The average Bonchev–Trinajstić information content (AvgIpc) is 2.59. The van der Waals surface area contributed by atoms with E-state index in [2.05, 4.69) is 22.5 Å². The van der Waals surface area contributed by atoms with Crippen molar-refractivity contribution in [1.82, 2.24) is 10.3 Å². The van der Waals surface area contributed by atoms with Crippen molar-refractivity contribution in [2.75, 3.05) is 11.9 Å². The van der Waals surface area contributed by atoms with Gasteiger partial charge in [0.15, 0.2) is 0 Å². The van der Waals surface area contributed by atoms with Crippen LogP contribution in [-0.2, 0) is 6.18 Å². The van der Waals surface area contributed by atoms with Crippen LogP contribution in [0.5, 0.6) is 0 Å². The van der Waals surface area contributed by atoms with Crippen molar-refractivity contribution in [3.8, 4) is 0 Å². The molecule has 0 fully saturated rings. The van der Waals surface area contributed by atoms with Crippen molar-refractivity contribution in [2.24, 2.45) is 0 Å². The maximum Gasteiger partial charge on any atom is 0.416 e. The normalized spacial score (nSPS) is 11.2. The van der Waals surface area contributed by atoms with Crippen LogP contribution >= 0.6 is 0 Å². The fourth-order valence-corrected chi connectivity index (χ4v) is 2.17. The zero-order valence-corrected chi connectivity index (χ0v) is 13.9. The van der Waals surface area contributed by atoms with Gasteiger partial charge in [-0.25, -0.2) is 4.98 Å². The maximum atomic E-state index is 12.5. The maximum absolute atomic E-state index is 12.5. The molecule has 0 unspecified atom stereocenters. The lowest BCUT2D eigenvalue weighted by atomic mass is 10.2. The summed E-state index contributed by atoms with van der Waals surface area (Å²) in [7, 11) is 0. The van der Waals surface area contributed by atoms with Crippen LogP contribution in [-0.4, -0.2) is 17.4 Å². The van der Waals surface area contributed by atoms with Gasteiger partial charge in [-0.05, 0) is 42.8 Å². The molecule has 0 atom stereocenters. The lowest BCUT2D eigenvalue weighted by Crippen LogP contribution is -2.24. The largest absolute Gasteiger partial charge is 0.416 e. The summed E-state index contributed by atoms with van der Waals surface area (Å²) in [4.78, 5) is 16.0. The number of nitrogens with zero attached hydrogens (tertiary/aromatic N) is 1. The highest BCUT2D eigenvalue weighted by atomic mass is 19.4. The summed E-state index contributed by atoms with van der Waals surface area (Å²) in [5, 5.41) is 5.72. The van der Waals surface area contributed by atoms with Gasteiger partial charge < -0.3 is 10.6 Å². The number of carbonyl (C=O) groups excluding carboxylic acids is 1. The molecule has 2 N–H and O–H groups in total. The molecule has 0 bridgehead atoms. The van der Waals surface area contributed by atoms with Gasteiger partial charge in [-0.15, -0.1) is 0 Å².